The van der Waals surface area contributed by atoms with Crippen molar-refractivity contribution in [2.45, 2.75) is 0 Å². The van der Waals surface area contributed by atoms with E-state index in [9.17, 15) is 10.2 Å². The van der Waals surface area contributed by atoms with Gasteiger partial charge in [-0.3, -0.25) is 0 Å². The summed E-state index contributed by atoms with van der Waals surface area (Å²) in [6, 6.07) is 0. The molecule has 0 aliphatic carbocycles. The number of aromatic hydroxyl groups is 2. The summed E-state index contributed by atoms with van der Waals surface area (Å²) >= 11 is 12.1. The van der Waals surface area contributed by atoms with E-state index in [4.69, 9.17) is 18.6 Å². The molecule has 1 rings (SSSR count). The summed E-state index contributed by atoms with van der Waals surface area (Å²) in [4.78, 5) is 0. The van der Waals surface area contributed by atoms with Gasteiger partial charge in [0.05, 0.1) is 17.9 Å². The molecule has 15 heavy (non-hydrogen) atoms. The van der Waals surface area contributed by atoms with E-state index in [0.29, 0.717) is 17.9 Å². The van der Waals surface area contributed by atoms with Gasteiger partial charge in [0.2, 0.25) is 0 Å². The van der Waals surface area contributed by atoms with Crippen molar-refractivity contribution in [1.82, 2.24) is 0 Å². The van der Waals surface area contributed by atoms with Crippen LogP contribution < -0.4 is 0 Å². The van der Waals surface area contributed by atoms with E-state index in [1.165, 1.54) is 0 Å². The normalized spacial score (nSPS) is 9.20. The van der Waals surface area contributed by atoms with Gasteiger partial charge in [0.25, 0.3) is 0 Å². The van der Waals surface area contributed by atoms with E-state index in [-0.39, 0.29) is 11.5 Å². The topological polar surface area (TPSA) is 40.5 Å². The third kappa shape index (κ3) is 4.66. The van der Waals surface area contributed by atoms with Crippen molar-refractivity contribution in [3.05, 3.63) is 17.9 Å². The van der Waals surface area contributed by atoms with Crippen LogP contribution in [0.15, 0.2) is 17.9 Å². The minimum atomic E-state index is -0.556. The molecular formula is C6H2Br4Cl2O2Ti. The molecule has 1 aromatic rings. The van der Waals surface area contributed by atoms with Crippen LogP contribution in [0.1, 0.15) is 0 Å². The standard InChI is InChI=1S/C6H2Br4O2.2ClH.Ti/c7-1-2(8)4(10)6(12)5(11)3(1)9;;;/h11-12H;2*1H;/q;;;+2/p-2. The molecule has 0 fully saturated rings. The molecule has 0 amide bonds. The Morgan fingerprint density at radius 1 is 0.733 bits per heavy atom. The Morgan fingerprint density at radius 2 is 0.933 bits per heavy atom. The molecule has 0 spiro atoms. The van der Waals surface area contributed by atoms with Crippen molar-refractivity contribution in [2.24, 2.45) is 0 Å². The molecule has 0 atom stereocenters. The monoisotopic (exact) mass is 540 g/mol. The molecule has 0 saturated carbocycles. The van der Waals surface area contributed by atoms with Crippen molar-refractivity contribution in [2.75, 3.05) is 0 Å². The summed E-state index contributed by atoms with van der Waals surface area (Å²) in [5.41, 5.74) is 0. The third-order valence-electron chi connectivity index (χ3n) is 1.22. The van der Waals surface area contributed by atoms with Crippen LogP contribution in [0, 0.1) is 0 Å². The molecule has 0 radical (unpaired) electrons. The number of phenols is 2. The Labute approximate surface area is 137 Å². The molecule has 2 nitrogen and oxygen atoms in total. The maximum absolute atomic E-state index is 9.31. The fourth-order valence-electron chi connectivity index (χ4n) is 0.609. The summed E-state index contributed by atoms with van der Waals surface area (Å²) in [5, 5.41) is 18.6. The van der Waals surface area contributed by atoms with Crippen LogP contribution in [0.4, 0.5) is 0 Å². The Bertz CT molecular complexity index is 258. The van der Waals surface area contributed by atoms with Gasteiger partial charge in [0.15, 0.2) is 11.5 Å². The third-order valence-corrected chi connectivity index (χ3v) is 5.94. The Morgan fingerprint density at radius 3 is 1.13 bits per heavy atom. The first-order valence-electron chi connectivity index (χ1n) is 3.08. The molecule has 0 aliphatic heterocycles. The quantitative estimate of drug-likeness (QED) is 0.195. The minimum absolute atomic E-state index is 0.197. The zero-order chi connectivity index (χ0) is 12.2. The van der Waals surface area contributed by atoms with Gasteiger partial charge in [-0.1, -0.05) is 0 Å². The van der Waals surface area contributed by atoms with E-state index in [2.05, 4.69) is 63.7 Å². The second-order valence-corrected chi connectivity index (χ2v) is 7.78. The van der Waals surface area contributed by atoms with Crippen molar-refractivity contribution in [3.8, 4) is 11.5 Å². The van der Waals surface area contributed by atoms with E-state index in [1.54, 1.807) is 0 Å². The van der Waals surface area contributed by atoms with Crippen molar-refractivity contribution < 1.29 is 27.2 Å². The number of hydrogen-bond acceptors (Lipinski definition) is 2. The van der Waals surface area contributed by atoms with E-state index < -0.39 is 17.0 Å². The van der Waals surface area contributed by atoms with Crippen molar-refractivity contribution in [3.63, 3.8) is 0 Å². The van der Waals surface area contributed by atoms with Crippen LogP contribution in [0.25, 0.3) is 0 Å². The van der Waals surface area contributed by atoms with Gasteiger partial charge in [-0.15, -0.1) is 0 Å². The maximum atomic E-state index is 9.31. The second kappa shape index (κ2) is 8.19. The number of halogens is 6. The molecule has 0 heterocycles. The average Bonchev–Trinajstić information content (AvgIpc) is 2.22. The Kier molecular flexibility index (Phi) is 9.30. The van der Waals surface area contributed by atoms with Crippen LogP contribution >= 0.6 is 82.3 Å². The predicted octanol–water partition coefficient (Wildman–Crippen LogP) is 5.52. The number of benzene rings is 1. The van der Waals surface area contributed by atoms with Crippen LogP contribution in [0.2, 0.25) is 0 Å². The van der Waals surface area contributed by atoms with Crippen molar-refractivity contribution in [1.29, 1.82) is 0 Å². The zero-order valence-corrected chi connectivity index (χ0v) is 16.1. The summed E-state index contributed by atoms with van der Waals surface area (Å²) in [6.07, 6.45) is 0. The first kappa shape index (κ1) is 17.0. The van der Waals surface area contributed by atoms with Gasteiger partial charge >= 0.3 is 35.6 Å². The van der Waals surface area contributed by atoms with Gasteiger partial charge in [-0.05, 0) is 63.7 Å². The average molecular weight is 544 g/mol. The number of rotatable bonds is 0. The molecule has 2 N–H and O–H groups in total. The summed E-state index contributed by atoms with van der Waals surface area (Å²) in [6.45, 7) is 0. The molecule has 0 unspecified atom stereocenters. The van der Waals surface area contributed by atoms with Gasteiger partial charge in [-0.25, -0.2) is 0 Å². The molecule has 9 heteroatoms. The first-order chi connectivity index (χ1) is 6.88. The SMILES string of the molecule is Oc1c(O)c(Br)c(Br)c(Br)c1Br.[Cl][Ti][Cl]. The molecule has 0 bridgehead atoms. The summed E-state index contributed by atoms with van der Waals surface area (Å²) in [5.74, 6) is -0.395. The van der Waals surface area contributed by atoms with E-state index in [1.807, 2.05) is 0 Å². The van der Waals surface area contributed by atoms with Gasteiger partial charge in [0.1, 0.15) is 0 Å². The van der Waals surface area contributed by atoms with Gasteiger partial charge in [-0.2, -0.15) is 0 Å². The summed E-state index contributed by atoms with van der Waals surface area (Å²) < 4.78 is 2.11. The molecule has 1 aromatic carbocycles. The summed E-state index contributed by atoms with van der Waals surface area (Å²) in [7, 11) is 9.78. The van der Waals surface area contributed by atoms with Gasteiger partial charge in [0, 0.05) is 0 Å². The van der Waals surface area contributed by atoms with Crippen LogP contribution in [0.3, 0.4) is 0 Å². The van der Waals surface area contributed by atoms with Gasteiger partial charge < -0.3 is 10.2 Å². The molecular weight excluding hydrogens is 542 g/mol. The molecule has 0 saturated heterocycles. The van der Waals surface area contributed by atoms with Crippen LogP contribution in [0.5, 0.6) is 11.5 Å². The second-order valence-electron chi connectivity index (χ2n) is 2.02. The first-order valence-corrected chi connectivity index (χ1v) is 10.6. The van der Waals surface area contributed by atoms with Crippen molar-refractivity contribution >= 4 is 82.3 Å². The van der Waals surface area contributed by atoms with Crippen LogP contribution in [-0.4, -0.2) is 10.2 Å². The fourth-order valence-corrected chi connectivity index (χ4v) is 2.68. The molecule has 0 aromatic heterocycles. The Balaban J connectivity index is 0.000000583. The van der Waals surface area contributed by atoms with Crippen LogP contribution in [-0.2, 0) is 17.0 Å². The van der Waals surface area contributed by atoms with E-state index >= 15 is 0 Å². The predicted molar refractivity (Wildman–Crippen MR) is 72.3 cm³/mol. The molecule has 84 valence electrons. The Hall–Kier alpha value is 2.03. The fraction of sp³-hybridized carbons (Fsp3) is 0. The number of phenolic OH excluding ortho intramolecular Hbond substituents is 2. The number of hydrogen-bond donors (Lipinski definition) is 2. The van der Waals surface area contributed by atoms with E-state index in [0.717, 1.165) is 0 Å². The zero-order valence-electron chi connectivity index (χ0n) is 6.66. The molecule has 0 aliphatic rings.